The van der Waals surface area contributed by atoms with Gasteiger partial charge in [0.15, 0.2) is 0 Å². The maximum atomic E-state index is 14.4. The number of methoxy groups -OCH3 is 1. The van der Waals surface area contributed by atoms with Gasteiger partial charge in [0.1, 0.15) is 11.6 Å². The highest BCUT2D eigenvalue weighted by molar-refractivity contribution is 5.88. The summed E-state index contributed by atoms with van der Waals surface area (Å²) in [6.07, 6.45) is 1.02. The number of nitrogens with zero attached hydrogens (tertiary/aromatic N) is 2. The summed E-state index contributed by atoms with van der Waals surface area (Å²) in [6.45, 7) is 3.86. The Kier molecular flexibility index (Phi) is 7.63. The zero-order valence-electron chi connectivity index (χ0n) is 18.4. The molecule has 1 aliphatic rings. The van der Waals surface area contributed by atoms with E-state index < -0.39 is 6.04 Å². The maximum absolute atomic E-state index is 14.4. The smallest absolute Gasteiger partial charge is 0.237 e. The third kappa shape index (κ3) is 5.82. The Morgan fingerprint density at radius 1 is 1.23 bits per heavy atom. The molecule has 0 bridgehead atoms. The van der Waals surface area contributed by atoms with E-state index in [1.165, 1.54) is 18.7 Å². The molecule has 0 radical (unpaired) electrons. The number of ether oxygens (including phenoxy) is 1. The number of amides is 2. The van der Waals surface area contributed by atoms with Crippen LogP contribution in [-0.2, 0) is 29.1 Å². The highest BCUT2D eigenvalue weighted by Gasteiger charge is 2.32. The van der Waals surface area contributed by atoms with Crippen molar-refractivity contribution < 1.29 is 18.7 Å². The van der Waals surface area contributed by atoms with Crippen molar-refractivity contribution in [1.82, 2.24) is 15.1 Å². The maximum Gasteiger partial charge on any atom is 0.237 e. The molecule has 2 aromatic rings. The van der Waals surface area contributed by atoms with Crippen molar-refractivity contribution in [3.05, 3.63) is 65.0 Å². The third-order valence-electron chi connectivity index (χ3n) is 5.72. The first-order chi connectivity index (χ1) is 14.9. The van der Waals surface area contributed by atoms with E-state index in [1.807, 2.05) is 17.0 Å². The lowest BCUT2D eigenvalue weighted by atomic mass is 10.1. The molecule has 3 rings (SSSR count). The number of aryl methyl sites for hydroxylation is 1. The molecule has 2 aromatic carbocycles. The topological polar surface area (TPSA) is 61.9 Å². The zero-order chi connectivity index (χ0) is 22.4. The van der Waals surface area contributed by atoms with Crippen LogP contribution in [0.2, 0.25) is 0 Å². The van der Waals surface area contributed by atoms with E-state index in [1.54, 1.807) is 24.1 Å². The minimum atomic E-state index is -0.632. The molecule has 1 heterocycles. The molecule has 0 aliphatic carbocycles. The predicted molar refractivity (Wildman–Crippen MR) is 117 cm³/mol. The quantitative estimate of drug-likeness (QED) is 0.704. The first-order valence-electron chi connectivity index (χ1n) is 10.6. The molecular formula is C24H30FN3O3. The Morgan fingerprint density at radius 2 is 1.94 bits per heavy atom. The summed E-state index contributed by atoms with van der Waals surface area (Å²) in [4.78, 5) is 28.9. The SMILES string of the molecule is CCc1ccc(CN(C)C(=O)C[C@H]2C(=O)NCCN2Cc2ccc(OC)cc2F)cc1. The fourth-order valence-electron chi connectivity index (χ4n) is 3.74. The number of carbonyl (C=O) groups is 2. The van der Waals surface area contributed by atoms with Gasteiger partial charge in [-0.05, 0) is 23.6 Å². The minimum absolute atomic E-state index is 0.0488. The predicted octanol–water partition coefficient (Wildman–Crippen LogP) is 2.75. The van der Waals surface area contributed by atoms with Crippen LogP contribution in [0.1, 0.15) is 30.0 Å². The molecule has 1 atom stereocenters. The molecule has 31 heavy (non-hydrogen) atoms. The Balaban J connectivity index is 1.66. The van der Waals surface area contributed by atoms with Crippen LogP contribution >= 0.6 is 0 Å². The Labute approximate surface area is 183 Å². The van der Waals surface area contributed by atoms with Gasteiger partial charge in [0.05, 0.1) is 19.6 Å². The second-order valence-electron chi connectivity index (χ2n) is 7.86. The number of benzene rings is 2. The molecule has 1 saturated heterocycles. The summed E-state index contributed by atoms with van der Waals surface area (Å²) in [5.41, 5.74) is 2.76. The second-order valence-corrected chi connectivity index (χ2v) is 7.86. The van der Waals surface area contributed by atoms with Gasteiger partial charge >= 0.3 is 0 Å². The normalized spacial score (nSPS) is 16.6. The van der Waals surface area contributed by atoms with Crippen LogP contribution in [0, 0.1) is 5.82 Å². The molecule has 1 aliphatic heterocycles. The van der Waals surface area contributed by atoms with Crippen LogP contribution < -0.4 is 10.1 Å². The van der Waals surface area contributed by atoms with E-state index in [2.05, 4.69) is 24.4 Å². The minimum Gasteiger partial charge on any atom is -0.497 e. The molecular weight excluding hydrogens is 397 g/mol. The van der Waals surface area contributed by atoms with Crippen molar-refractivity contribution in [2.75, 3.05) is 27.2 Å². The van der Waals surface area contributed by atoms with E-state index in [0.717, 1.165) is 12.0 Å². The van der Waals surface area contributed by atoms with Gasteiger partial charge in [0.25, 0.3) is 0 Å². The van der Waals surface area contributed by atoms with Crippen LogP contribution in [0.4, 0.5) is 4.39 Å². The standard InChI is InChI=1S/C24H30FN3O3/c1-4-17-5-7-18(8-6-17)15-27(2)23(29)14-22-24(30)26-11-12-28(22)16-19-9-10-20(31-3)13-21(19)25/h5-10,13,22H,4,11-12,14-16H2,1-3H3,(H,26,30)/t22-/m0/s1. The van der Waals surface area contributed by atoms with Gasteiger partial charge in [0, 0.05) is 44.9 Å². The molecule has 0 unspecified atom stereocenters. The van der Waals surface area contributed by atoms with Crippen molar-refractivity contribution in [1.29, 1.82) is 0 Å². The second kappa shape index (κ2) is 10.4. The van der Waals surface area contributed by atoms with Crippen molar-refractivity contribution >= 4 is 11.8 Å². The van der Waals surface area contributed by atoms with Crippen molar-refractivity contribution in [3.63, 3.8) is 0 Å². The van der Waals surface area contributed by atoms with Gasteiger partial charge in [0.2, 0.25) is 11.8 Å². The Bertz CT molecular complexity index is 917. The first-order valence-corrected chi connectivity index (χ1v) is 10.6. The molecule has 0 aromatic heterocycles. The summed E-state index contributed by atoms with van der Waals surface area (Å²) in [7, 11) is 3.23. The van der Waals surface area contributed by atoms with Gasteiger partial charge in [-0.3, -0.25) is 14.5 Å². The average Bonchev–Trinajstić information content (AvgIpc) is 2.77. The summed E-state index contributed by atoms with van der Waals surface area (Å²) in [5, 5.41) is 2.82. The molecule has 6 nitrogen and oxygen atoms in total. The number of rotatable bonds is 8. The van der Waals surface area contributed by atoms with Gasteiger partial charge < -0.3 is 15.0 Å². The summed E-state index contributed by atoms with van der Waals surface area (Å²) >= 11 is 0. The molecule has 166 valence electrons. The van der Waals surface area contributed by atoms with Gasteiger partial charge in [-0.1, -0.05) is 37.3 Å². The first kappa shape index (κ1) is 22.7. The molecule has 2 amide bonds. The summed E-state index contributed by atoms with van der Waals surface area (Å²) < 4.78 is 19.5. The van der Waals surface area contributed by atoms with E-state index >= 15 is 0 Å². The van der Waals surface area contributed by atoms with Crippen LogP contribution in [0.3, 0.4) is 0 Å². The van der Waals surface area contributed by atoms with Crippen LogP contribution in [-0.4, -0.2) is 54.9 Å². The van der Waals surface area contributed by atoms with Crippen LogP contribution in [0.15, 0.2) is 42.5 Å². The Morgan fingerprint density at radius 3 is 2.58 bits per heavy atom. The highest BCUT2D eigenvalue weighted by Crippen LogP contribution is 2.21. The van der Waals surface area contributed by atoms with Gasteiger partial charge in [-0.25, -0.2) is 4.39 Å². The number of halogens is 1. The number of hydrogen-bond acceptors (Lipinski definition) is 4. The third-order valence-corrected chi connectivity index (χ3v) is 5.72. The number of hydrogen-bond donors (Lipinski definition) is 1. The zero-order valence-corrected chi connectivity index (χ0v) is 18.4. The largest absolute Gasteiger partial charge is 0.497 e. The van der Waals surface area contributed by atoms with E-state index in [4.69, 9.17) is 4.74 Å². The van der Waals surface area contributed by atoms with E-state index in [0.29, 0.717) is 30.9 Å². The molecule has 0 saturated carbocycles. The summed E-state index contributed by atoms with van der Waals surface area (Å²) in [6, 6.07) is 12.2. The molecule has 7 heteroatoms. The number of nitrogens with one attached hydrogen (secondary N) is 1. The Hall–Kier alpha value is -2.93. The van der Waals surface area contributed by atoms with Crippen molar-refractivity contribution in [2.45, 2.75) is 38.9 Å². The van der Waals surface area contributed by atoms with Gasteiger partial charge in [-0.2, -0.15) is 0 Å². The van der Waals surface area contributed by atoms with Crippen molar-refractivity contribution in [3.8, 4) is 5.75 Å². The highest BCUT2D eigenvalue weighted by atomic mass is 19.1. The number of carbonyl (C=O) groups excluding carboxylic acids is 2. The fraction of sp³-hybridized carbons (Fsp3) is 0.417. The molecule has 0 spiro atoms. The van der Waals surface area contributed by atoms with Crippen molar-refractivity contribution in [2.24, 2.45) is 0 Å². The van der Waals surface area contributed by atoms with Crippen LogP contribution in [0.5, 0.6) is 5.75 Å². The average molecular weight is 428 g/mol. The lowest BCUT2D eigenvalue weighted by Crippen LogP contribution is -2.56. The molecule has 1 N–H and O–H groups in total. The van der Waals surface area contributed by atoms with E-state index in [-0.39, 0.29) is 30.6 Å². The van der Waals surface area contributed by atoms with Crippen LogP contribution in [0.25, 0.3) is 0 Å². The van der Waals surface area contributed by atoms with E-state index in [9.17, 15) is 14.0 Å². The van der Waals surface area contributed by atoms with Gasteiger partial charge in [-0.15, -0.1) is 0 Å². The summed E-state index contributed by atoms with van der Waals surface area (Å²) in [5.74, 6) is -0.267. The lowest BCUT2D eigenvalue weighted by Gasteiger charge is -2.35. The lowest BCUT2D eigenvalue weighted by molar-refractivity contribution is -0.138. The molecule has 1 fully saturated rings. The fourth-order valence-corrected chi connectivity index (χ4v) is 3.74. The number of piperazine rings is 1. The monoisotopic (exact) mass is 427 g/mol.